The minimum absolute atomic E-state index is 0.561. The molecule has 0 saturated heterocycles. The van der Waals surface area contributed by atoms with Crippen LogP contribution in [-0.4, -0.2) is 9.67 Å². The van der Waals surface area contributed by atoms with Crippen LogP contribution in [0.5, 0.6) is 0 Å². The maximum atomic E-state index is 10.4. The van der Waals surface area contributed by atoms with E-state index in [1.165, 1.54) is 36.6 Å². The highest BCUT2D eigenvalue weighted by Gasteiger charge is 2.27. The Kier molecular flexibility index (Phi) is 2.70. The van der Waals surface area contributed by atoms with Crippen molar-refractivity contribution < 1.29 is 5.11 Å². The number of aromatic nitrogens is 1. The molecule has 0 amide bonds. The highest BCUT2D eigenvalue weighted by molar-refractivity contribution is 5.81. The fourth-order valence-electron chi connectivity index (χ4n) is 3.20. The lowest BCUT2D eigenvalue weighted by molar-refractivity contribution is 0.0685. The minimum Gasteiger partial charge on any atom is -0.384 e. The van der Waals surface area contributed by atoms with Crippen LogP contribution >= 0.6 is 0 Å². The summed E-state index contributed by atoms with van der Waals surface area (Å²) in [6.45, 7) is 3.76. The van der Waals surface area contributed by atoms with Gasteiger partial charge in [0, 0.05) is 11.6 Å². The van der Waals surface area contributed by atoms with Crippen LogP contribution in [0.3, 0.4) is 0 Å². The van der Waals surface area contributed by atoms with E-state index >= 15 is 0 Å². The number of hydrogen-bond acceptors (Lipinski definition) is 1. The summed E-state index contributed by atoms with van der Waals surface area (Å²) in [5.74, 6) is 0. The van der Waals surface area contributed by atoms with Gasteiger partial charge in [-0.05, 0) is 44.2 Å². The Labute approximate surface area is 108 Å². The van der Waals surface area contributed by atoms with Crippen molar-refractivity contribution in [2.45, 2.75) is 51.2 Å². The van der Waals surface area contributed by atoms with Gasteiger partial charge in [0.1, 0.15) is 0 Å². The van der Waals surface area contributed by atoms with E-state index in [0.29, 0.717) is 6.04 Å². The molecule has 2 heteroatoms. The molecule has 1 heterocycles. The molecule has 3 rings (SSSR count). The highest BCUT2D eigenvalue weighted by Crippen LogP contribution is 2.37. The number of hydrogen-bond donors (Lipinski definition) is 1. The molecule has 0 unspecified atom stereocenters. The first-order valence-corrected chi connectivity index (χ1v) is 6.90. The van der Waals surface area contributed by atoms with Crippen molar-refractivity contribution in [3.05, 3.63) is 36.0 Å². The maximum absolute atomic E-state index is 10.4. The number of nitrogens with zero attached hydrogens (tertiary/aromatic N) is 1. The zero-order valence-electron chi connectivity index (χ0n) is 11.2. The van der Waals surface area contributed by atoms with E-state index in [-0.39, 0.29) is 0 Å². The van der Waals surface area contributed by atoms with Crippen LogP contribution in [0.15, 0.2) is 30.3 Å². The van der Waals surface area contributed by atoms with Crippen molar-refractivity contribution in [3.8, 4) is 0 Å². The number of fused-ring (bicyclic) bond motifs is 1. The molecule has 96 valence electrons. The molecule has 0 spiro atoms. The van der Waals surface area contributed by atoms with E-state index in [1.807, 2.05) is 13.8 Å². The minimum atomic E-state index is -0.776. The van der Waals surface area contributed by atoms with E-state index in [4.69, 9.17) is 0 Å². The first-order chi connectivity index (χ1) is 8.57. The van der Waals surface area contributed by atoms with Gasteiger partial charge in [-0.3, -0.25) is 0 Å². The van der Waals surface area contributed by atoms with E-state index in [2.05, 4.69) is 34.9 Å². The van der Waals surface area contributed by atoms with Crippen LogP contribution in [0, 0.1) is 0 Å². The Hall–Kier alpha value is -1.28. The van der Waals surface area contributed by atoms with Crippen LogP contribution in [0.2, 0.25) is 0 Å². The topological polar surface area (TPSA) is 25.2 Å². The van der Waals surface area contributed by atoms with Crippen molar-refractivity contribution in [2.75, 3.05) is 0 Å². The first kappa shape index (κ1) is 11.8. The van der Waals surface area contributed by atoms with Crippen molar-refractivity contribution in [1.82, 2.24) is 4.57 Å². The molecule has 0 bridgehead atoms. The molecule has 1 aromatic carbocycles. The molecule has 1 N–H and O–H groups in total. The molecule has 2 aromatic rings. The van der Waals surface area contributed by atoms with Crippen LogP contribution in [0.25, 0.3) is 10.9 Å². The van der Waals surface area contributed by atoms with Gasteiger partial charge in [-0.15, -0.1) is 0 Å². The molecule has 2 nitrogen and oxygen atoms in total. The summed E-state index contributed by atoms with van der Waals surface area (Å²) >= 11 is 0. The predicted octanol–water partition coefficient (Wildman–Crippen LogP) is 3.98. The standard InChI is InChI=1S/C16H21NO/c1-16(2,18)15-11-12-7-3-6-10-14(12)17(15)13-8-4-5-9-13/h3,6-7,10-11,13,18H,4-5,8-9H2,1-2H3. The summed E-state index contributed by atoms with van der Waals surface area (Å²) in [4.78, 5) is 0. The lowest BCUT2D eigenvalue weighted by Crippen LogP contribution is -2.22. The van der Waals surface area contributed by atoms with E-state index in [1.54, 1.807) is 0 Å². The van der Waals surface area contributed by atoms with Gasteiger partial charge in [0.15, 0.2) is 0 Å². The summed E-state index contributed by atoms with van der Waals surface area (Å²) in [5.41, 5.74) is 1.54. The van der Waals surface area contributed by atoms with Gasteiger partial charge in [0.2, 0.25) is 0 Å². The Morgan fingerprint density at radius 1 is 1.17 bits per heavy atom. The third-order valence-electron chi connectivity index (χ3n) is 4.06. The fourth-order valence-corrected chi connectivity index (χ4v) is 3.20. The monoisotopic (exact) mass is 243 g/mol. The van der Waals surface area contributed by atoms with Crippen molar-refractivity contribution in [1.29, 1.82) is 0 Å². The summed E-state index contributed by atoms with van der Waals surface area (Å²) in [6, 6.07) is 11.2. The zero-order valence-corrected chi connectivity index (χ0v) is 11.2. The third-order valence-corrected chi connectivity index (χ3v) is 4.06. The Bertz CT molecular complexity index is 556. The largest absolute Gasteiger partial charge is 0.384 e. The molecular weight excluding hydrogens is 222 g/mol. The number of benzene rings is 1. The van der Waals surface area contributed by atoms with Gasteiger partial charge in [0.05, 0.1) is 11.3 Å². The fraction of sp³-hybridized carbons (Fsp3) is 0.500. The molecule has 18 heavy (non-hydrogen) atoms. The Balaban J connectivity index is 2.24. The highest BCUT2D eigenvalue weighted by atomic mass is 16.3. The summed E-state index contributed by atoms with van der Waals surface area (Å²) in [6.07, 6.45) is 5.09. The predicted molar refractivity (Wildman–Crippen MR) is 74.7 cm³/mol. The maximum Gasteiger partial charge on any atom is 0.0989 e. The molecule has 0 aliphatic heterocycles. The number of aliphatic hydroxyl groups is 1. The molecule has 1 aromatic heterocycles. The quantitative estimate of drug-likeness (QED) is 0.847. The lowest BCUT2D eigenvalue weighted by Gasteiger charge is -2.25. The second-order valence-electron chi connectivity index (χ2n) is 5.96. The second-order valence-corrected chi connectivity index (χ2v) is 5.96. The first-order valence-electron chi connectivity index (χ1n) is 6.90. The normalized spacial score (nSPS) is 17.7. The molecule has 1 aliphatic rings. The number of para-hydroxylation sites is 1. The average molecular weight is 243 g/mol. The van der Waals surface area contributed by atoms with Crippen LogP contribution in [0.1, 0.15) is 51.3 Å². The molecule has 0 atom stereocenters. The van der Waals surface area contributed by atoms with E-state index < -0.39 is 5.60 Å². The second kappa shape index (κ2) is 4.13. The van der Waals surface area contributed by atoms with Gasteiger partial charge in [0.25, 0.3) is 0 Å². The molecule has 0 radical (unpaired) electrons. The summed E-state index contributed by atoms with van der Waals surface area (Å²) < 4.78 is 2.38. The van der Waals surface area contributed by atoms with Crippen molar-refractivity contribution in [3.63, 3.8) is 0 Å². The van der Waals surface area contributed by atoms with Crippen molar-refractivity contribution in [2.24, 2.45) is 0 Å². The third kappa shape index (κ3) is 1.85. The lowest BCUT2D eigenvalue weighted by atomic mass is 10.0. The number of rotatable bonds is 2. The van der Waals surface area contributed by atoms with Crippen LogP contribution < -0.4 is 0 Å². The van der Waals surface area contributed by atoms with Gasteiger partial charge in [-0.1, -0.05) is 31.0 Å². The Morgan fingerprint density at radius 3 is 2.50 bits per heavy atom. The van der Waals surface area contributed by atoms with E-state index in [0.717, 1.165) is 5.69 Å². The summed E-state index contributed by atoms with van der Waals surface area (Å²) in [5, 5.41) is 11.6. The van der Waals surface area contributed by atoms with Crippen LogP contribution in [-0.2, 0) is 5.60 Å². The summed E-state index contributed by atoms with van der Waals surface area (Å²) in [7, 11) is 0. The molecular formula is C16H21NO. The van der Waals surface area contributed by atoms with Gasteiger partial charge in [-0.2, -0.15) is 0 Å². The zero-order chi connectivity index (χ0) is 12.8. The Morgan fingerprint density at radius 2 is 1.83 bits per heavy atom. The average Bonchev–Trinajstić information content (AvgIpc) is 2.94. The van der Waals surface area contributed by atoms with Gasteiger partial charge >= 0.3 is 0 Å². The smallest absolute Gasteiger partial charge is 0.0989 e. The molecule has 1 saturated carbocycles. The van der Waals surface area contributed by atoms with Crippen LogP contribution in [0.4, 0.5) is 0 Å². The van der Waals surface area contributed by atoms with Crippen molar-refractivity contribution >= 4 is 10.9 Å². The molecule has 1 fully saturated rings. The van der Waals surface area contributed by atoms with Gasteiger partial charge in [-0.25, -0.2) is 0 Å². The SMILES string of the molecule is CC(C)(O)c1cc2ccccc2n1C1CCCC1. The van der Waals surface area contributed by atoms with Gasteiger partial charge < -0.3 is 9.67 Å². The molecule has 1 aliphatic carbocycles. The van der Waals surface area contributed by atoms with E-state index in [9.17, 15) is 5.11 Å².